The number of phenolic OH excluding ortho intramolecular Hbond substituents is 1. The molecular formula is C21H19NO3. The molecule has 0 atom stereocenters. The molecule has 0 fully saturated rings. The third-order valence-corrected chi connectivity index (χ3v) is 3.76. The molecule has 0 aliphatic carbocycles. The number of rotatable bonds is 5. The molecule has 3 rings (SSSR count). The van der Waals surface area contributed by atoms with Crippen molar-refractivity contribution in [2.24, 2.45) is 0 Å². The first kappa shape index (κ1) is 16.6. The van der Waals surface area contributed by atoms with Gasteiger partial charge in [-0.15, -0.1) is 0 Å². The third-order valence-electron chi connectivity index (χ3n) is 3.76. The second-order valence-corrected chi connectivity index (χ2v) is 5.67. The first-order valence-electron chi connectivity index (χ1n) is 8.03. The number of nitrogens with one attached hydrogen (secondary N) is 1. The van der Waals surface area contributed by atoms with Crippen LogP contribution in [-0.2, 0) is 17.9 Å². The largest absolute Gasteiger partial charge is 0.508 e. The molecule has 126 valence electrons. The minimum Gasteiger partial charge on any atom is -0.508 e. The molecule has 0 aromatic heterocycles. The lowest BCUT2D eigenvalue weighted by atomic mass is 10.0. The second kappa shape index (κ2) is 8.02. The van der Waals surface area contributed by atoms with Gasteiger partial charge in [-0.1, -0.05) is 60.7 Å². The van der Waals surface area contributed by atoms with E-state index < -0.39 is 6.09 Å². The quantitative estimate of drug-likeness (QED) is 0.723. The highest BCUT2D eigenvalue weighted by atomic mass is 16.5. The summed E-state index contributed by atoms with van der Waals surface area (Å²) < 4.78 is 5.20. The summed E-state index contributed by atoms with van der Waals surface area (Å²) >= 11 is 0. The standard InChI is InChI=1S/C21H19NO3/c23-20-11-5-10-19(13-20)18-9-4-8-17(12-18)14-22-21(24)25-15-16-6-2-1-3-7-16/h1-13,23H,14-15H2,(H,22,24). The molecule has 0 saturated heterocycles. The highest BCUT2D eigenvalue weighted by molar-refractivity contribution is 5.68. The minimum absolute atomic E-state index is 0.227. The van der Waals surface area contributed by atoms with E-state index in [-0.39, 0.29) is 12.4 Å². The number of amides is 1. The monoisotopic (exact) mass is 333 g/mol. The molecule has 0 unspecified atom stereocenters. The Labute approximate surface area is 146 Å². The van der Waals surface area contributed by atoms with Gasteiger partial charge in [0, 0.05) is 6.54 Å². The van der Waals surface area contributed by atoms with Crippen molar-refractivity contribution in [3.63, 3.8) is 0 Å². The minimum atomic E-state index is -0.452. The lowest BCUT2D eigenvalue weighted by Gasteiger charge is -2.09. The van der Waals surface area contributed by atoms with Gasteiger partial charge in [-0.3, -0.25) is 0 Å². The summed E-state index contributed by atoms with van der Waals surface area (Å²) in [4.78, 5) is 11.8. The predicted octanol–water partition coefficient (Wildman–Crippen LogP) is 4.49. The van der Waals surface area contributed by atoms with E-state index in [9.17, 15) is 9.90 Å². The van der Waals surface area contributed by atoms with Crippen molar-refractivity contribution in [2.75, 3.05) is 0 Å². The molecule has 0 aliphatic heterocycles. The van der Waals surface area contributed by atoms with Crippen LogP contribution in [-0.4, -0.2) is 11.2 Å². The number of benzene rings is 3. The molecule has 2 N–H and O–H groups in total. The van der Waals surface area contributed by atoms with Gasteiger partial charge in [0.25, 0.3) is 0 Å². The first-order chi connectivity index (χ1) is 12.2. The molecule has 3 aromatic rings. The number of carbonyl (C=O) groups is 1. The molecule has 0 aliphatic rings. The first-order valence-corrected chi connectivity index (χ1v) is 8.03. The van der Waals surface area contributed by atoms with Crippen LogP contribution in [0.5, 0.6) is 5.75 Å². The number of alkyl carbamates (subject to hydrolysis) is 1. The Balaban J connectivity index is 1.56. The molecule has 1 amide bonds. The van der Waals surface area contributed by atoms with E-state index in [1.54, 1.807) is 18.2 Å². The zero-order valence-corrected chi connectivity index (χ0v) is 13.7. The zero-order chi connectivity index (χ0) is 17.5. The smallest absolute Gasteiger partial charge is 0.407 e. The molecule has 0 spiro atoms. The Bertz CT molecular complexity index is 847. The molecule has 0 heterocycles. The van der Waals surface area contributed by atoms with Gasteiger partial charge in [-0.05, 0) is 40.5 Å². The van der Waals surface area contributed by atoms with Crippen LogP contribution >= 0.6 is 0 Å². The van der Waals surface area contributed by atoms with Crippen LogP contribution in [0.3, 0.4) is 0 Å². The van der Waals surface area contributed by atoms with Gasteiger partial charge < -0.3 is 15.2 Å². The maximum absolute atomic E-state index is 11.8. The van der Waals surface area contributed by atoms with Gasteiger partial charge >= 0.3 is 6.09 Å². The Kier molecular flexibility index (Phi) is 5.32. The highest BCUT2D eigenvalue weighted by Crippen LogP contribution is 2.23. The van der Waals surface area contributed by atoms with Gasteiger partial charge in [0.05, 0.1) is 0 Å². The Morgan fingerprint density at radius 3 is 2.28 bits per heavy atom. The SMILES string of the molecule is O=C(NCc1cccc(-c2cccc(O)c2)c1)OCc1ccccc1. The van der Waals surface area contributed by atoms with Crippen molar-refractivity contribution >= 4 is 6.09 Å². The van der Waals surface area contributed by atoms with Crippen LogP contribution in [0, 0.1) is 0 Å². The van der Waals surface area contributed by atoms with Crippen LogP contribution < -0.4 is 5.32 Å². The summed E-state index contributed by atoms with van der Waals surface area (Å²) in [5, 5.41) is 12.3. The van der Waals surface area contributed by atoms with Crippen molar-refractivity contribution in [1.82, 2.24) is 5.32 Å². The zero-order valence-electron chi connectivity index (χ0n) is 13.7. The lowest BCUT2D eigenvalue weighted by molar-refractivity contribution is 0.139. The van der Waals surface area contributed by atoms with Crippen LogP contribution in [0.4, 0.5) is 4.79 Å². The van der Waals surface area contributed by atoms with Gasteiger partial charge in [0.15, 0.2) is 0 Å². The summed E-state index contributed by atoms with van der Waals surface area (Å²) in [7, 11) is 0. The Morgan fingerprint density at radius 2 is 1.52 bits per heavy atom. The van der Waals surface area contributed by atoms with E-state index in [2.05, 4.69) is 5.32 Å². The lowest BCUT2D eigenvalue weighted by Crippen LogP contribution is -2.23. The average molecular weight is 333 g/mol. The summed E-state index contributed by atoms with van der Waals surface area (Å²) in [6.07, 6.45) is -0.452. The Hall–Kier alpha value is -3.27. The Morgan fingerprint density at radius 1 is 0.840 bits per heavy atom. The molecule has 0 bridgehead atoms. The summed E-state index contributed by atoms with van der Waals surface area (Å²) in [5.41, 5.74) is 3.81. The topological polar surface area (TPSA) is 58.6 Å². The maximum atomic E-state index is 11.8. The number of carbonyl (C=O) groups excluding carboxylic acids is 1. The van der Waals surface area contributed by atoms with Gasteiger partial charge in [-0.25, -0.2) is 4.79 Å². The van der Waals surface area contributed by atoms with E-state index in [0.717, 1.165) is 22.3 Å². The highest BCUT2D eigenvalue weighted by Gasteiger charge is 2.04. The fourth-order valence-electron chi connectivity index (χ4n) is 2.49. The number of hydrogen-bond donors (Lipinski definition) is 2. The number of phenols is 1. The van der Waals surface area contributed by atoms with Crippen molar-refractivity contribution in [3.05, 3.63) is 90.0 Å². The molecule has 0 saturated carbocycles. The van der Waals surface area contributed by atoms with Crippen molar-refractivity contribution < 1.29 is 14.6 Å². The van der Waals surface area contributed by atoms with E-state index in [0.29, 0.717) is 6.54 Å². The summed E-state index contributed by atoms with van der Waals surface area (Å²) in [6, 6.07) is 24.4. The number of ether oxygens (including phenoxy) is 1. The van der Waals surface area contributed by atoms with E-state index in [1.165, 1.54) is 0 Å². The molecule has 3 aromatic carbocycles. The van der Waals surface area contributed by atoms with Gasteiger partial charge in [-0.2, -0.15) is 0 Å². The van der Waals surface area contributed by atoms with Crippen LogP contribution in [0.15, 0.2) is 78.9 Å². The van der Waals surface area contributed by atoms with Crippen LogP contribution in [0.1, 0.15) is 11.1 Å². The predicted molar refractivity (Wildman–Crippen MR) is 97.0 cm³/mol. The number of hydrogen-bond acceptors (Lipinski definition) is 3. The number of aromatic hydroxyl groups is 1. The normalized spacial score (nSPS) is 10.2. The maximum Gasteiger partial charge on any atom is 0.407 e. The van der Waals surface area contributed by atoms with Gasteiger partial charge in [0.2, 0.25) is 0 Å². The molecule has 25 heavy (non-hydrogen) atoms. The molecule has 4 heteroatoms. The van der Waals surface area contributed by atoms with Crippen molar-refractivity contribution in [1.29, 1.82) is 0 Å². The molecular weight excluding hydrogens is 314 g/mol. The van der Waals surface area contributed by atoms with E-state index in [4.69, 9.17) is 4.74 Å². The molecule has 0 radical (unpaired) electrons. The second-order valence-electron chi connectivity index (χ2n) is 5.67. The molecule has 4 nitrogen and oxygen atoms in total. The summed E-state index contributed by atoms with van der Waals surface area (Å²) in [6.45, 7) is 0.621. The van der Waals surface area contributed by atoms with Crippen LogP contribution in [0.25, 0.3) is 11.1 Å². The fraction of sp³-hybridized carbons (Fsp3) is 0.0952. The van der Waals surface area contributed by atoms with E-state index in [1.807, 2.05) is 60.7 Å². The van der Waals surface area contributed by atoms with E-state index >= 15 is 0 Å². The van der Waals surface area contributed by atoms with Crippen LogP contribution in [0.2, 0.25) is 0 Å². The van der Waals surface area contributed by atoms with Gasteiger partial charge in [0.1, 0.15) is 12.4 Å². The van der Waals surface area contributed by atoms with Crippen molar-refractivity contribution in [2.45, 2.75) is 13.2 Å². The summed E-state index contributed by atoms with van der Waals surface area (Å²) in [5.74, 6) is 0.227. The average Bonchev–Trinajstić information content (AvgIpc) is 2.66. The van der Waals surface area contributed by atoms with Crippen molar-refractivity contribution in [3.8, 4) is 16.9 Å². The third kappa shape index (κ3) is 4.85. The fourth-order valence-corrected chi connectivity index (χ4v) is 2.49.